The van der Waals surface area contributed by atoms with E-state index in [1.165, 1.54) is 0 Å². The molecule has 0 bridgehead atoms. The van der Waals surface area contributed by atoms with Gasteiger partial charge in [-0.05, 0) is 33.1 Å². The normalized spacial score (nSPS) is 25.6. The largest absolute Gasteiger partial charge is 0.481 e. The molecule has 1 fully saturated rings. The molecule has 1 amide bonds. The number of carbonyl (C=O) groups is 2. The van der Waals surface area contributed by atoms with Crippen LogP contribution in [-0.2, 0) is 9.59 Å². The molecule has 3 atom stereocenters. The molecule has 4 nitrogen and oxygen atoms in total. The Morgan fingerprint density at radius 1 is 1.50 bits per heavy atom. The third kappa shape index (κ3) is 3.34. The second-order valence-corrected chi connectivity index (χ2v) is 5.42. The first-order chi connectivity index (χ1) is 8.34. The number of carboxylic acids is 1. The minimum absolute atomic E-state index is 0.0523. The summed E-state index contributed by atoms with van der Waals surface area (Å²) in [5, 5.41) is 9.14. The van der Waals surface area contributed by atoms with Crippen LogP contribution >= 0.6 is 0 Å². The maximum absolute atomic E-state index is 12.3. The van der Waals surface area contributed by atoms with E-state index in [4.69, 9.17) is 5.11 Å². The van der Waals surface area contributed by atoms with Crippen LogP contribution in [0, 0.1) is 11.8 Å². The standard InChI is InChI=1S/C14H23NO3/c1-9(2)8-10(3)13(16)15-7-5-6-12(11(15)4)14(17)18/h10-12H,1,5-8H2,2-4H3,(H,17,18)/t10?,11-,12-/m0/s1. The van der Waals surface area contributed by atoms with Gasteiger partial charge in [0.1, 0.15) is 0 Å². The summed E-state index contributed by atoms with van der Waals surface area (Å²) in [4.78, 5) is 25.2. The monoisotopic (exact) mass is 253 g/mol. The highest BCUT2D eigenvalue weighted by Gasteiger charge is 2.36. The molecule has 0 radical (unpaired) electrons. The fourth-order valence-electron chi connectivity index (χ4n) is 2.68. The number of likely N-dealkylation sites (tertiary alicyclic amines) is 1. The Morgan fingerprint density at radius 2 is 2.11 bits per heavy atom. The Bertz CT molecular complexity index is 351. The quantitative estimate of drug-likeness (QED) is 0.782. The van der Waals surface area contributed by atoms with E-state index >= 15 is 0 Å². The highest BCUT2D eigenvalue weighted by Crippen LogP contribution is 2.26. The van der Waals surface area contributed by atoms with Gasteiger partial charge in [0, 0.05) is 18.5 Å². The molecule has 102 valence electrons. The number of aliphatic carboxylic acids is 1. The molecule has 1 unspecified atom stereocenters. The SMILES string of the molecule is C=C(C)CC(C)C(=O)N1CCC[C@H](C(=O)O)[C@@H]1C. The van der Waals surface area contributed by atoms with Gasteiger partial charge in [0.15, 0.2) is 0 Å². The molecule has 4 heteroatoms. The van der Waals surface area contributed by atoms with Crippen LogP contribution in [0.3, 0.4) is 0 Å². The maximum atomic E-state index is 12.3. The third-order valence-electron chi connectivity index (χ3n) is 3.66. The predicted molar refractivity (Wildman–Crippen MR) is 70.1 cm³/mol. The summed E-state index contributed by atoms with van der Waals surface area (Å²) >= 11 is 0. The lowest BCUT2D eigenvalue weighted by molar-refractivity contribution is -0.150. The molecular formula is C14H23NO3. The van der Waals surface area contributed by atoms with Crippen LogP contribution in [0.2, 0.25) is 0 Å². The lowest BCUT2D eigenvalue weighted by atomic mass is 9.89. The van der Waals surface area contributed by atoms with Gasteiger partial charge in [-0.25, -0.2) is 0 Å². The molecule has 1 aliphatic heterocycles. The zero-order valence-electron chi connectivity index (χ0n) is 11.5. The molecule has 0 saturated carbocycles. The summed E-state index contributed by atoms with van der Waals surface area (Å²) < 4.78 is 0. The van der Waals surface area contributed by atoms with Gasteiger partial charge in [-0.3, -0.25) is 9.59 Å². The van der Waals surface area contributed by atoms with Crippen molar-refractivity contribution in [2.75, 3.05) is 6.54 Å². The molecule has 1 rings (SSSR count). The third-order valence-corrected chi connectivity index (χ3v) is 3.66. The number of amides is 1. The first-order valence-corrected chi connectivity index (χ1v) is 6.52. The van der Waals surface area contributed by atoms with E-state index < -0.39 is 11.9 Å². The summed E-state index contributed by atoms with van der Waals surface area (Å²) in [6, 6.07) is -0.212. The van der Waals surface area contributed by atoms with Crippen LogP contribution < -0.4 is 0 Å². The van der Waals surface area contributed by atoms with Crippen molar-refractivity contribution < 1.29 is 14.7 Å². The van der Waals surface area contributed by atoms with Gasteiger partial charge in [-0.15, -0.1) is 6.58 Å². The Hall–Kier alpha value is -1.32. The van der Waals surface area contributed by atoms with Gasteiger partial charge >= 0.3 is 5.97 Å². The highest BCUT2D eigenvalue weighted by molar-refractivity contribution is 5.80. The average molecular weight is 253 g/mol. The first-order valence-electron chi connectivity index (χ1n) is 6.52. The fourth-order valence-corrected chi connectivity index (χ4v) is 2.68. The molecular weight excluding hydrogens is 230 g/mol. The predicted octanol–water partition coefficient (Wildman–Crippen LogP) is 2.30. The Morgan fingerprint density at radius 3 is 2.61 bits per heavy atom. The molecule has 1 aliphatic rings. The van der Waals surface area contributed by atoms with Gasteiger partial charge in [0.05, 0.1) is 5.92 Å². The summed E-state index contributed by atoms with van der Waals surface area (Å²) in [5.74, 6) is -1.29. The molecule has 0 spiro atoms. The van der Waals surface area contributed by atoms with Crippen molar-refractivity contribution in [2.45, 2.75) is 46.1 Å². The molecule has 1 saturated heterocycles. The summed E-state index contributed by atoms with van der Waals surface area (Å²) in [6.45, 7) is 10.1. The van der Waals surface area contributed by atoms with E-state index in [1.54, 1.807) is 4.90 Å². The summed E-state index contributed by atoms with van der Waals surface area (Å²) in [5.41, 5.74) is 0.982. The lowest BCUT2D eigenvalue weighted by Gasteiger charge is -2.39. The Balaban J connectivity index is 2.72. The maximum Gasteiger partial charge on any atom is 0.308 e. The number of carbonyl (C=O) groups excluding carboxylic acids is 1. The molecule has 0 aromatic carbocycles. The lowest BCUT2D eigenvalue weighted by Crippen LogP contribution is -2.50. The number of piperidine rings is 1. The zero-order chi connectivity index (χ0) is 13.9. The molecule has 0 aliphatic carbocycles. The first kappa shape index (κ1) is 14.7. The van der Waals surface area contributed by atoms with Crippen LogP contribution in [0.4, 0.5) is 0 Å². The number of carboxylic acid groups (broad SMARTS) is 1. The molecule has 0 aromatic heterocycles. The topological polar surface area (TPSA) is 57.6 Å². The summed E-state index contributed by atoms with van der Waals surface area (Å²) in [7, 11) is 0. The van der Waals surface area contributed by atoms with Crippen LogP contribution in [0.25, 0.3) is 0 Å². The van der Waals surface area contributed by atoms with Gasteiger partial charge in [0.2, 0.25) is 5.91 Å². The van der Waals surface area contributed by atoms with Crippen molar-refractivity contribution in [3.8, 4) is 0 Å². The van der Waals surface area contributed by atoms with Gasteiger partial charge in [0.25, 0.3) is 0 Å². The number of hydrogen-bond acceptors (Lipinski definition) is 2. The van der Waals surface area contributed by atoms with Crippen LogP contribution in [0.15, 0.2) is 12.2 Å². The molecule has 18 heavy (non-hydrogen) atoms. The van der Waals surface area contributed by atoms with Crippen molar-refractivity contribution in [2.24, 2.45) is 11.8 Å². The van der Waals surface area contributed by atoms with Crippen molar-refractivity contribution >= 4 is 11.9 Å². The zero-order valence-corrected chi connectivity index (χ0v) is 11.5. The molecule has 1 heterocycles. The van der Waals surface area contributed by atoms with E-state index in [0.717, 1.165) is 12.0 Å². The number of allylic oxidation sites excluding steroid dienone is 1. The highest BCUT2D eigenvalue weighted by atomic mass is 16.4. The van der Waals surface area contributed by atoms with Gasteiger partial charge in [-0.2, -0.15) is 0 Å². The number of nitrogens with zero attached hydrogens (tertiary/aromatic N) is 1. The van der Waals surface area contributed by atoms with Crippen molar-refractivity contribution in [1.29, 1.82) is 0 Å². The summed E-state index contributed by atoms with van der Waals surface area (Å²) in [6.07, 6.45) is 2.10. The van der Waals surface area contributed by atoms with Gasteiger partial charge < -0.3 is 10.0 Å². The Labute approximate surface area is 109 Å². The fraction of sp³-hybridized carbons (Fsp3) is 0.714. The van der Waals surface area contributed by atoms with Crippen LogP contribution in [0.1, 0.15) is 40.0 Å². The van der Waals surface area contributed by atoms with Crippen molar-refractivity contribution in [1.82, 2.24) is 4.90 Å². The van der Waals surface area contributed by atoms with Crippen LogP contribution in [0.5, 0.6) is 0 Å². The van der Waals surface area contributed by atoms with E-state index in [2.05, 4.69) is 6.58 Å². The minimum Gasteiger partial charge on any atom is -0.481 e. The van der Waals surface area contributed by atoms with Crippen molar-refractivity contribution in [3.05, 3.63) is 12.2 Å². The number of rotatable bonds is 4. The average Bonchev–Trinajstić information content (AvgIpc) is 2.27. The van der Waals surface area contributed by atoms with E-state index in [9.17, 15) is 9.59 Å². The van der Waals surface area contributed by atoms with Crippen molar-refractivity contribution in [3.63, 3.8) is 0 Å². The van der Waals surface area contributed by atoms with E-state index in [0.29, 0.717) is 19.4 Å². The smallest absolute Gasteiger partial charge is 0.308 e. The van der Waals surface area contributed by atoms with Gasteiger partial charge in [-0.1, -0.05) is 12.5 Å². The van der Waals surface area contributed by atoms with E-state index in [-0.39, 0.29) is 17.9 Å². The Kier molecular flexibility index (Phi) is 4.93. The second-order valence-electron chi connectivity index (χ2n) is 5.42. The molecule has 1 N–H and O–H groups in total. The molecule has 0 aromatic rings. The second kappa shape index (κ2) is 6.03. The van der Waals surface area contributed by atoms with E-state index in [1.807, 2.05) is 20.8 Å². The minimum atomic E-state index is -0.799. The van der Waals surface area contributed by atoms with Crippen LogP contribution in [-0.4, -0.2) is 34.5 Å². The number of hydrogen-bond donors (Lipinski definition) is 1.